The van der Waals surface area contributed by atoms with Gasteiger partial charge in [-0.05, 0) is 43.2 Å². The van der Waals surface area contributed by atoms with E-state index < -0.39 is 12.1 Å². The van der Waals surface area contributed by atoms with E-state index in [-0.39, 0.29) is 12.5 Å². The molecule has 0 spiro atoms. The van der Waals surface area contributed by atoms with E-state index in [2.05, 4.69) is 26.6 Å². The molecule has 0 bridgehead atoms. The highest BCUT2D eigenvalue weighted by Crippen LogP contribution is 2.20. The van der Waals surface area contributed by atoms with Gasteiger partial charge in [-0.3, -0.25) is 4.79 Å². The Kier molecular flexibility index (Phi) is 6.37. The van der Waals surface area contributed by atoms with Crippen molar-refractivity contribution in [1.82, 2.24) is 5.32 Å². The van der Waals surface area contributed by atoms with Gasteiger partial charge in [-0.1, -0.05) is 46.3 Å². The van der Waals surface area contributed by atoms with E-state index in [1.807, 2.05) is 49.4 Å². The Balaban J connectivity index is 1.83. The summed E-state index contributed by atoms with van der Waals surface area (Å²) in [5.41, 5.74) is 2.52. The van der Waals surface area contributed by atoms with E-state index in [4.69, 9.17) is 4.74 Å². The monoisotopic (exact) mass is 390 g/mol. The molecule has 0 aromatic heterocycles. The van der Waals surface area contributed by atoms with E-state index in [0.717, 1.165) is 15.6 Å². The molecule has 2 rings (SSSR count). The third-order valence-corrected chi connectivity index (χ3v) is 3.88. The molecule has 126 valence electrons. The van der Waals surface area contributed by atoms with Crippen LogP contribution < -0.4 is 10.6 Å². The van der Waals surface area contributed by atoms with Gasteiger partial charge in [0.1, 0.15) is 12.6 Å². The first-order chi connectivity index (χ1) is 11.5. The van der Waals surface area contributed by atoms with Crippen LogP contribution in [-0.4, -0.2) is 18.0 Å². The third kappa shape index (κ3) is 5.38. The second-order valence-corrected chi connectivity index (χ2v) is 6.29. The number of amides is 2. The summed E-state index contributed by atoms with van der Waals surface area (Å²) < 4.78 is 6.04. The minimum Gasteiger partial charge on any atom is -0.445 e. The quantitative estimate of drug-likeness (QED) is 0.810. The Morgan fingerprint density at radius 1 is 1.17 bits per heavy atom. The molecule has 5 nitrogen and oxygen atoms in total. The van der Waals surface area contributed by atoms with Crippen molar-refractivity contribution in [3.8, 4) is 0 Å². The molecule has 2 N–H and O–H groups in total. The van der Waals surface area contributed by atoms with Gasteiger partial charge in [-0.15, -0.1) is 0 Å². The number of nitrogens with one attached hydrogen (secondary N) is 2. The maximum absolute atomic E-state index is 12.2. The predicted octanol–water partition coefficient (Wildman–Crippen LogP) is 4.01. The zero-order valence-electron chi connectivity index (χ0n) is 13.5. The van der Waals surface area contributed by atoms with Crippen molar-refractivity contribution in [2.24, 2.45) is 0 Å². The molecule has 2 aromatic carbocycles. The molecule has 0 fully saturated rings. The van der Waals surface area contributed by atoms with Crippen LogP contribution >= 0.6 is 15.9 Å². The smallest absolute Gasteiger partial charge is 0.408 e. The van der Waals surface area contributed by atoms with E-state index in [1.54, 1.807) is 13.0 Å². The number of halogens is 1. The fraction of sp³-hybridized carbons (Fsp3) is 0.222. The normalized spacial score (nSPS) is 11.5. The van der Waals surface area contributed by atoms with Gasteiger partial charge >= 0.3 is 6.09 Å². The topological polar surface area (TPSA) is 67.4 Å². The summed E-state index contributed by atoms with van der Waals surface area (Å²) in [6.07, 6.45) is -0.631. The van der Waals surface area contributed by atoms with Gasteiger partial charge in [0, 0.05) is 10.2 Å². The van der Waals surface area contributed by atoms with Gasteiger partial charge in [0.05, 0.1) is 0 Å². The molecule has 0 saturated heterocycles. The zero-order chi connectivity index (χ0) is 17.5. The van der Waals surface area contributed by atoms with Crippen LogP contribution in [-0.2, 0) is 16.1 Å². The summed E-state index contributed by atoms with van der Waals surface area (Å²) in [5.74, 6) is -0.308. The average molecular weight is 391 g/mol. The molecule has 24 heavy (non-hydrogen) atoms. The molecule has 0 radical (unpaired) electrons. The largest absolute Gasteiger partial charge is 0.445 e. The maximum Gasteiger partial charge on any atom is 0.408 e. The highest BCUT2D eigenvalue weighted by molar-refractivity contribution is 9.10. The predicted molar refractivity (Wildman–Crippen MR) is 96.7 cm³/mol. The maximum atomic E-state index is 12.2. The molecule has 0 aliphatic heterocycles. The van der Waals surface area contributed by atoms with E-state index in [0.29, 0.717) is 5.69 Å². The lowest BCUT2D eigenvalue weighted by Gasteiger charge is -2.15. The number of carbonyl (C=O) groups excluding carboxylic acids is 2. The number of anilines is 1. The highest BCUT2D eigenvalue weighted by Gasteiger charge is 2.17. The van der Waals surface area contributed by atoms with Crippen molar-refractivity contribution in [3.63, 3.8) is 0 Å². The van der Waals surface area contributed by atoms with Crippen LogP contribution in [0.1, 0.15) is 18.1 Å². The van der Waals surface area contributed by atoms with Crippen LogP contribution in [0.3, 0.4) is 0 Å². The van der Waals surface area contributed by atoms with Crippen molar-refractivity contribution in [3.05, 3.63) is 64.1 Å². The van der Waals surface area contributed by atoms with Gasteiger partial charge in [-0.2, -0.15) is 0 Å². The fourth-order valence-corrected chi connectivity index (χ4v) is 2.49. The number of carbonyl (C=O) groups is 2. The van der Waals surface area contributed by atoms with Crippen molar-refractivity contribution in [2.45, 2.75) is 26.5 Å². The molecule has 0 aliphatic carbocycles. The van der Waals surface area contributed by atoms with Crippen LogP contribution in [0, 0.1) is 6.92 Å². The number of aryl methyl sites for hydroxylation is 1. The molecular weight excluding hydrogens is 372 g/mol. The Bertz CT molecular complexity index is 719. The molecule has 1 atom stereocenters. The number of alkyl carbamates (subject to hydrolysis) is 1. The number of hydrogen-bond acceptors (Lipinski definition) is 3. The SMILES string of the molecule is Cc1cc(Br)ccc1NC(=O)C(C)NC(=O)OCc1ccccc1. The number of benzene rings is 2. The second-order valence-electron chi connectivity index (χ2n) is 5.38. The lowest BCUT2D eigenvalue weighted by molar-refractivity contribution is -0.117. The molecule has 6 heteroatoms. The summed E-state index contributed by atoms with van der Waals surface area (Å²) >= 11 is 3.37. The van der Waals surface area contributed by atoms with Crippen molar-refractivity contribution in [1.29, 1.82) is 0 Å². The lowest BCUT2D eigenvalue weighted by atomic mass is 10.2. The van der Waals surface area contributed by atoms with Crippen molar-refractivity contribution >= 4 is 33.6 Å². The second kappa shape index (κ2) is 8.49. The standard InChI is InChI=1S/C18H19BrN2O3/c1-12-10-15(19)8-9-16(12)21-17(22)13(2)20-18(23)24-11-14-6-4-3-5-7-14/h3-10,13H,11H2,1-2H3,(H,20,23)(H,21,22). The Morgan fingerprint density at radius 2 is 1.88 bits per heavy atom. The zero-order valence-corrected chi connectivity index (χ0v) is 15.1. The fourth-order valence-electron chi connectivity index (χ4n) is 2.02. The lowest BCUT2D eigenvalue weighted by Crippen LogP contribution is -2.41. The summed E-state index contributed by atoms with van der Waals surface area (Å²) in [6, 6.07) is 14.2. The van der Waals surface area contributed by atoms with Gasteiger partial charge < -0.3 is 15.4 Å². The molecule has 0 aliphatic rings. The van der Waals surface area contributed by atoms with E-state index in [1.165, 1.54) is 0 Å². The highest BCUT2D eigenvalue weighted by atomic mass is 79.9. The Labute approximate surface area is 149 Å². The molecular formula is C18H19BrN2O3. The van der Waals surface area contributed by atoms with Crippen LogP contribution in [0.5, 0.6) is 0 Å². The summed E-state index contributed by atoms with van der Waals surface area (Å²) in [4.78, 5) is 23.9. The van der Waals surface area contributed by atoms with Crippen molar-refractivity contribution < 1.29 is 14.3 Å². The van der Waals surface area contributed by atoms with Crippen LogP contribution in [0.2, 0.25) is 0 Å². The molecule has 1 unspecified atom stereocenters. The number of hydrogen-bond donors (Lipinski definition) is 2. The minimum atomic E-state index is -0.712. The summed E-state index contributed by atoms with van der Waals surface area (Å²) in [7, 11) is 0. The first-order valence-electron chi connectivity index (χ1n) is 7.50. The first-order valence-corrected chi connectivity index (χ1v) is 8.29. The summed E-state index contributed by atoms with van der Waals surface area (Å²) in [6.45, 7) is 3.66. The van der Waals surface area contributed by atoms with Gasteiger partial charge in [0.25, 0.3) is 0 Å². The van der Waals surface area contributed by atoms with Gasteiger partial charge in [0.2, 0.25) is 5.91 Å². The molecule has 0 saturated carbocycles. The van der Waals surface area contributed by atoms with Crippen molar-refractivity contribution in [2.75, 3.05) is 5.32 Å². The molecule has 2 amide bonds. The first kappa shape index (κ1) is 18.0. The van der Waals surface area contributed by atoms with Gasteiger partial charge in [-0.25, -0.2) is 4.79 Å². The van der Waals surface area contributed by atoms with Crippen LogP contribution in [0.15, 0.2) is 53.0 Å². The third-order valence-electron chi connectivity index (χ3n) is 3.39. The van der Waals surface area contributed by atoms with Crippen LogP contribution in [0.25, 0.3) is 0 Å². The van der Waals surface area contributed by atoms with Gasteiger partial charge in [0.15, 0.2) is 0 Å². The minimum absolute atomic E-state index is 0.160. The Morgan fingerprint density at radius 3 is 2.54 bits per heavy atom. The van der Waals surface area contributed by atoms with E-state index >= 15 is 0 Å². The summed E-state index contributed by atoms with van der Waals surface area (Å²) in [5, 5.41) is 5.30. The molecule has 2 aromatic rings. The van der Waals surface area contributed by atoms with Crippen LogP contribution in [0.4, 0.5) is 10.5 Å². The number of ether oxygens (including phenoxy) is 1. The van der Waals surface area contributed by atoms with E-state index in [9.17, 15) is 9.59 Å². The molecule has 0 heterocycles. The number of rotatable bonds is 5. The average Bonchev–Trinajstić information content (AvgIpc) is 2.56. The Hall–Kier alpha value is -2.34.